The maximum Gasteiger partial charge on any atom is 0.187 e. The third-order valence-electron chi connectivity index (χ3n) is 6.37. The van der Waals surface area contributed by atoms with Gasteiger partial charge in [-0.15, -0.1) is 4.95 Å². The first-order valence-electron chi connectivity index (χ1n) is 9.85. The highest BCUT2D eigenvalue weighted by molar-refractivity contribution is 6.10. The summed E-state index contributed by atoms with van der Waals surface area (Å²) in [5, 5.41) is 4.34. The molecular weight excluding hydrogens is 354 g/mol. The molecule has 0 amide bonds. The van der Waals surface area contributed by atoms with Crippen molar-refractivity contribution >= 4 is 11.4 Å². The molecule has 1 unspecified atom stereocenters. The van der Waals surface area contributed by atoms with Gasteiger partial charge in [0, 0.05) is 11.0 Å². The van der Waals surface area contributed by atoms with Gasteiger partial charge < -0.3 is 0 Å². The third kappa shape index (κ3) is 2.84. The van der Waals surface area contributed by atoms with Crippen LogP contribution in [-0.2, 0) is 19.3 Å². The number of nitrogens with zero attached hydrogens (tertiary/aromatic N) is 3. The molecular formula is C26H19N3. The van der Waals surface area contributed by atoms with Crippen LogP contribution in [0.4, 0.5) is 5.69 Å². The van der Waals surface area contributed by atoms with Gasteiger partial charge in [-0.05, 0) is 65.6 Å². The molecule has 138 valence electrons. The summed E-state index contributed by atoms with van der Waals surface area (Å²) in [5.74, 6) is 0. The van der Waals surface area contributed by atoms with Crippen molar-refractivity contribution in [3.63, 3.8) is 0 Å². The van der Waals surface area contributed by atoms with E-state index < -0.39 is 0 Å². The van der Waals surface area contributed by atoms with Crippen LogP contribution in [0.3, 0.4) is 0 Å². The van der Waals surface area contributed by atoms with Gasteiger partial charge in [0.1, 0.15) is 5.71 Å². The number of aryl methyl sites for hydroxylation is 1. The first-order chi connectivity index (χ1) is 14.2. The number of rotatable bonds is 1. The van der Waals surface area contributed by atoms with Crippen molar-refractivity contribution in [1.82, 2.24) is 0 Å². The lowest BCUT2D eigenvalue weighted by molar-refractivity contribution is 0.372. The Kier molecular flexibility index (Phi) is 4.04. The Balaban J connectivity index is 1.60. The summed E-state index contributed by atoms with van der Waals surface area (Å²) in [7, 11) is 0. The molecule has 1 atom stereocenters. The minimum atomic E-state index is -0.0851. The molecule has 2 aliphatic carbocycles. The van der Waals surface area contributed by atoms with E-state index in [0.717, 1.165) is 48.1 Å². The van der Waals surface area contributed by atoms with E-state index in [1.807, 2.05) is 24.3 Å². The molecule has 0 fully saturated rings. The van der Waals surface area contributed by atoms with E-state index >= 15 is 0 Å². The SMILES string of the molecule is [C-]#[N+]N=C1c2cc(-c3cccc([N+]#[C-])c3)ccc2CC12CCc1ccccc1C2. The van der Waals surface area contributed by atoms with Crippen LogP contribution in [0, 0.1) is 18.6 Å². The van der Waals surface area contributed by atoms with Crippen LogP contribution in [0.5, 0.6) is 0 Å². The van der Waals surface area contributed by atoms with E-state index in [0.29, 0.717) is 5.69 Å². The van der Waals surface area contributed by atoms with Crippen molar-refractivity contribution in [2.24, 2.45) is 10.5 Å². The summed E-state index contributed by atoms with van der Waals surface area (Å²) in [4.78, 5) is 7.00. The van der Waals surface area contributed by atoms with Crippen LogP contribution >= 0.6 is 0 Å². The van der Waals surface area contributed by atoms with Crippen molar-refractivity contribution in [2.75, 3.05) is 0 Å². The second-order valence-electron chi connectivity index (χ2n) is 7.99. The summed E-state index contributed by atoms with van der Waals surface area (Å²) in [6.07, 6.45) is 3.93. The Morgan fingerprint density at radius 3 is 2.41 bits per heavy atom. The summed E-state index contributed by atoms with van der Waals surface area (Å²) in [6, 6.07) is 22.8. The number of hydrogen-bond acceptors (Lipinski definition) is 1. The largest absolute Gasteiger partial charge is 0.238 e. The Labute approximate surface area is 171 Å². The zero-order chi connectivity index (χ0) is 19.8. The predicted octanol–water partition coefficient (Wildman–Crippen LogP) is 6.26. The highest BCUT2D eigenvalue weighted by Gasteiger charge is 2.47. The van der Waals surface area contributed by atoms with Gasteiger partial charge in [0.25, 0.3) is 0 Å². The molecule has 0 aromatic heterocycles. The lowest BCUT2D eigenvalue weighted by Gasteiger charge is -2.34. The van der Waals surface area contributed by atoms with Gasteiger partial charge in [0.2, 0.25) is 0 Å². The van der Waals surface area contributed by atoms with Crippen LogP contribution in [0.15, 0.2) is 71.8 Å². The molecule has 3 aromatic rings. The van der Waals surface area contributed by atoms with Crippen LogP contribution in [-0.4, -0.2) is 5.71 Å². The van der Waals surface area contributed by atoms with E-state index in [1.165, 1.54) is 16.7 Å². The molecule has 0 N–H and O–H groups in total. The van der Waals surface area contributed by atoms with E-state index in [4.69, 9.17) is 13.1 Å². The molecule has 1 spiro atoms. The first-order valence-corrected chi connectivity index (χ1v) is 9.85. The summed E-state index contributed by atoms with van der Waals surface area (Å²) < 4.78 is 0. The van der Waals surface area contributed by atoms with Gasteiger partial charge in [0.15, 0.2) is 5.69 Å². The molecule has 3 heteroatoms. The molecule has 0 heterocycles. The molecule has 29 heavy (non-hydrogen) atoms. The average Bonchev–Trinajstić information content (AvgIpc) is 3.06. The normalized spacial score (nSPS) is 20.7. The van der Waals surface area contributed by atoms with Gasteiger partial charge in [0.05, 0.1) is 11.7 Å². The highest BCUT2D eigenvalue weighted by Crippen LogP contribution is 2.47. The molecule has 0 bridgehead atoms. The Morgan fingerprint density at radius 1 is 0.793 bits per heavy atom. The first kappa shape index (κ1) is 17.4. The molecule has 3 nitrogen and oxygen atoms in total. The van der Waals surface area contributed by atoms with Gasteiger partial charge in [-0.25, -0.2) is 4.85 Å². The van der Waals surface area contributed by atoms with Gasteiger partial charge in [-0.1, -0.05) is 54.6 Å². The third-order valence-corrected chi connectivity index (χ3v) is 6.37. The van der Waals surface area contributed by atoms with E-state index in [-0.39, 0.29) is 5.41 Å². The molecule has 2 aliphatic rings. The summed E-state index contributed by atoms with van der Waals surface area (Å²) in [5.41, 5.74) is 8.78. The fourth-order valence-electron chi connectivity index (χ4n) is 4.98. The zero-order valence-electron chi connectivity index (χ0n) is 16.0. The Bertz CT molecular complexity index is 1240. The minimum Gasteiger partial charge on any atom is -0.238 e. The fourth-order valence-corrected chi connectivity index (χ4v) is 4.98. The van der Waals surface area contributed by atoms with Gasteiger partial charge in [-0.2, -0.15) is 6.57 Å². The molecule has 0 aliphatic heterocycles. The molecule has 3 aromatic carbocycles. The van der Waals surface area contributed by atoms with Crippen molar-refractivity contribution in [2.45, 2.75) is 25.7 Å². The number of hydrogen-bond donors (Lipinski definition) is 0. The average molecular weight is 373 g/mol. The van der Waals surface area contributed by atoms with Crippen molar-refractivity contribution in [1.29, 1.82) is 0 Å². The predicted molar refractivity (Wildman–Crippen MR) is 116 cm³/mol. The second kappa shape index (κ2) is 6.73. The summed E-state index contributed by atoms with van der Waals surface area (Å²) in [6.45, 7) is 14.7. The molecule has 0 saturated carbocycles. The van der Waals surface area contributed by atoms with Crippen LogP contribution in [0.2, 0.25) is 0 Å². The lowest BCUT2D eigenvalue weighted by Crippen LogP contribution is -2.35. The molecule has 5 rings (SSSR count). The van der Waals surface area contributed by atoms with E-state index in [2.05, 4.69) is 57.4 Å². The second-order valence-corrected chi connectivity index (χ2v) is 7.99. The Hall–Kier alpha value is -3.69. The van der Waals surface area contributed by atoms with Crippen LogP contribution < -0.4 is 0 Å². The van der Waals surface area contributed by atoms with E-state index in [9.17, 15) is 0 Å². The van der Waals surface area contributed by atoms with Crippen LogP contribution in [0.1, 0.15) is 28.7 Å². The quantitative estimate of drug-likeness (QED) is 0.355. The fraction of sp³-hybridized carbons (Fsp3) is 0.192. The van der Waals surface area contributed by atoms with Gasteiger partial charge >= 0.3 is 0 Å². The maximum atomic E-state index is 7.43. The zero-order valence-corrected chi connectivity index (χ0v) is 16.0. The summed E-state index contributed by atoms with van der Waals surface area (Å²) >= 11 is 0. The monoisotopic (exact) mass is 373 g/mol. The molecule has 0 radical (unpaired) electrons. The Morgan fingerprint density at radius 2 is 1.59 bits per heavy atom. The van der Waals surface area contributed by atoms with Crippen LogP contribution in [0.25, 0.3) is 20.9 Å². The number of fused-ring (bicyclic) bond motifs is 2. The van der Waals surface area contributed by atoms with Crippen molar-refractivity contribution in [3.05, 3.63) is 112 Å². The minimum absolute atomic E-state index is 0.0851. The number of benzene rings is 3. The molecule has 0 saturated heterocycles. The van der Waals surface area contributed by atoms with Crippen molar-refractivity contribution in [3.8, 4) is 11.1 Å². The van der Waals surface area contributed by atoms with E-state index in [1.54, 1.807) is 0 Å². The highest BCUT2D eigenvalue weighted by atomic mass is 15.2. The lowest BCUT2D eigenvalue weighted by atomic mass is 9.69. The smallest absolute Gasteiger partial charge is 0.187 e. The maximum absolute atomic E-state index is 7.43. The topological polar surface area (TPSA) is 21.1 Å². The van der Waals surface area contributed by atoms with Gasteiger partial charge in [-0.3, -0.25) is 0 Å². The standard InChI is InChI=1S/C26H19N3/c1-27-23-9-5-8-19(14-23)20-10-11-22-17-26(25(29-28-2)24(22)15-20)13-12-18-6-3-4-7-21(18)16-26/h3-11,14-15H,12-13,16-17H2. The van der Waals surface area contributed by atoms with Crippen molar-refractivity contribution < 1.29 is 0 Å².